The molecular weight excluding hydrogens is 208 g/mol. The summed E-state index contributed by atoms with van der Waals surface area (Å²) in [4.78, 5) is 0. The lowest BCUT2D eigenvalue weighted by atomic mass is 9.77. The molecule has 90 valence electrons. The molecular formula is C16H20O. The first-order valence-electron chi connectivity index (χ1n) is 5.80. The van der Waals surface area contributed by atoms with E-state index >= 15 is 0 Å². The fraction of sp³-hybridized carbons (Fsp3) is 0.250. The molecule has 17 heavy (non-hydrogen) atoms. The Bertz CT molecular complexity index is 414. The third-order valence-electron chi connectivity index (χ3n) is 3.01. The molecule has 0 radical (unpaired) electrons. The van der Waals surface area contributed by atoms with Crippen LogP contribution in [0.25, 0.3) is 0 Å². The van der Waals surface area contributed by atoms with E-state index < -0.39 is 5.60 Å². The van der Waals surface area contributed by atoms with Crippen molar-refractivity contribution in [3.8, 4) is 0 Å². The highest BCUT2D eigenvalue weighted by Gasteiger charge is 2.35. The van der Waals surface area contributed by atoms with E-state index in [1.165, 1.54) is 0 Å². The van der Waals surface area contributed by atoms with E-state index in [0.717, 1.165) is 11.1 Å². The molecule has 1 aromatic rings. The molecule has 1 atom stereocenters. The summed E-state index contributed by atoms with van der Waals surface area (Å²) >= 11 is 0. The van der Waals surface area contributed by atoms with Crippen molar-refractivity contribution in [3.05, 3.63) is 72.9 Å². The van der Waals surface area contributed by atoms with Gasteiger partial charge in [0.1, 0.15) is 5.60 Å². The summed E-state index contributed by atoms with van der Waals surface area (Å²) < 4.78 is 0. The molecule has 0 saturated carbocycles. The number of aliphatic hydroxyl groups is 1. The maximum absolute atomic E-state index is 11.0. The summed E-state index contributed by atoms with van der Waals surface area (Å²) in [6.07, 6.45) is 5.17. The Hall–Kier alpha value is -1.60. The summed E-state index contributed by atoms with van der Waals surface area (Å²) in [5.74, 6) is 0.0501. The third kappa shape index (κ3) is 2.56. The zero-order chi connectivity index (χ0) is 12.9. The maximum atomic E-state index is 11.0. The molecule has 0 fully saturated rings. The molecule has 0 aliphatic rings. The topological polar surface area (TPSA) is 20.2 Å². The van der Waals surface area contributed by atoms with E-state index in [4.69, 9.17) is 0 Å². The first-order chi connectivity index (χ1) is 8.07. The smallest absolute Gasteiger partial charge is 0.117 e. The van der Waals surface area contributed by atoms with Crippen LogP contribution >= 0.6 is 0 Å². The molecule has 1 heteroatoms. The van der Waals surface area contributed by atoms with Gasteiger partial charge in [0.25, 0.3) is 0 Å². The predicted molar refractivity (Wildman–Crippen MR) is 73.7 cm³/mol. The molecule has 0 aromatic heterocycles. The lowest BCUT2D eigenvalue weighted by Crippen LogP contribution is -2.33. The van der Waals surface area contributed by atoms with Crippen molar-refractivity contribution in [2.75, 3.05) is 0 Å². The Morgan fingerprint density at radius 1 is 1.24 bits per heavy atom. The summed E-state index contributed by atoms with van der Waals surface area (Å²) in [6, 6.07) is 9.66. The second-order valence-electron chi connectivity index (χ2n) is 4.35. The van der Waals surface area contributed by atoms with Gasteiger partial charge < -0.3 is 5.11 Å². The third-order valence-corrected chi connectivity index (χ3v) is 3.01. The van der Waals surface area contributed by atoms with Crippen LogP contribution in [0, 0.1) is 5.92 Å². The molecule has 1 rings (SSSR count). The molecule has 0 spiro atoms. The fourth-order valence-corrected chi connectivity index (χ4v) is 2.00. The molecule has 1 aromatic carbocycles. The Morgan fingerprint density at radius 3 is 2.24 bits per heavy atom. The molecule has 1 N–H and O–H groups in total. The van der Waals surface area contributed by atoms with E-state index in [1.807, 2.05) is 44.2 Å². The van der Waals surface area contributed by atoms with E-state index in [1.54, 1.807) is 18.2 Å². The van der Waals surface area contributed by atoms with Crippen LogP contribution in [0.1, 0.15) is 19.4 Å². The van der Waals surface area contributed by atoms with Crippen LogP contribution in [-0.2, 0) is 5.60 Å². The minimum absolute atomic E-state index is 0.0501. The van der Waals surface area contributed by atoms with Crippen LogP contribution in [0.15, 0.2) is 67.3 Å². The number of benzene rings is 1. The van der Waals surface area contributed by atoms with Gasteiger partial charge in [-0.3, -0.25) is 0 Å². The number of allylic oxidation sites excluding steroid dienone is 2. The van der Waals surface area contributed by atoms with Crippen molar-refractivity contribution >= 4 is 0 Å². The van der Waals surface area contributed by atoms with Crippen molar-refractivity contribution in [1.29, 1.82) is 0 Å². The van der Waals surface area contributed by atoms with Crippen molar-refractivity contribution in [2.24, 2.45) is 5.92 Å². The lowest BCUT2D eigenvalue weighted by molar-refractivity contribution is 0.0311. The second-order valence-corrected chi connectivity index (χ2v) is 4.35. The van der Waals surface area contributed by atoms with Crippen LogP contribution in [0.5, 0.6) is 0 Å². The minimum atomic E-state index is -1.02. The van der Waals surface area contributed by atoms with Gasteiger partial charge in [0.15, 0.2) is 0 Å². The molecule has 0 aliphatic heterocycles. The Kier molecular flexibility index (Phi) is 4.47. The average molecular weight is 228 g/mol. The SMILES string of the molecule is C=C/C=C(\C=C)C(O)(c1ccccc1)C(C)C. The van der Waals surface area contributed by atoms with Crippen LogP contribution < -0.4 is 0 Å². The van der Waals surface area contributed by atoms with Crippen molar-refractivity contribution in [1.82, 2.24) is 0 Å². The van der Waals surface area contributed by atoms with Gasteiger partial charge in [-0.1, -0.05) is 75.6 Å². The first-order valence-corrected chi connectivity index (χ1v) is 5.80. The van der Waals surface area contributed by atoms with Gasteiger partial charge in [-0.15, -0.1) is 0 Å². The monoisotopic (exact) mass is 228 g/mol. The summed E-state index contributed by atoms with van der Waals surface area (Å²) in [7, 11) is 0. The number of hydrogen-bond acceptors (Lipinski definition) is 1. The Morgan fingerprint density at radius 2 is 1.82 bits per heavy atom. The van der Waals surface area contributed by atoms with Crippen molar-refractivity contribution < 1.29 is 5.11 Å². The highest BCUT2D eigenvalue weighted by molar-refractivity contribution is 5.40. The van der Waals surface area contributed by atoms with Gasteiger partial charge in [0.2, 0.25) is 0 Å². The van der Waals surface area contributed by atoms with Gasteiger partial charge in [0, 0.05) is 0 Å². The van der Waals surface area contributed by atoms with Crippen LogP contribution in [0.3, 0.4) is 0 Å². The standard InChI is InChI=1S/C16H20O/c1-5-10-14(6-2)16(17,13(3)4)15-11-8-7-9-12-15/h5-13,17H,1-2H2,3-4H3/b14-10+. The highest BCUT2D eigenvalue weighted by Crippen LogP contribution is 2.37. The van der Waals surface area contributed by atoms with Gasteiger partial charge in [-0.05, 0) is 17.1 Å². The molecule has 0 saturated heterocycles. The predicted octanol–water partition coefficient (Wildman–Crippen LogP) is 3.83. The zero-order valence-electron chi connectivity index (χ0n) is 10.6. The summed E-state index contributed by atoms with van der Waals surface area (Å²) in [6.45, 7) is 11.4. The average Bonchev–Trinajstić information content (AvgIpc) is 2.35. The maximum Gasteiger partial charge on any atom is 0.117 e. The zero-order valence-corrected chi connectivity index (χ0v) is 10.6. The van der Waals surface area contributed by atoms with E-state index in [0.29, 0.717) is 0 Å². The van der Waals surface area contributed by atoms with Crippen molar-refractivity contribution in [3.63, 3.8) is 0 Å². The van der Waals surface area contributed by atoms with E-state index in [2.05, 4.69) is 13.2 Å². The normalized spacial score (nSPS) is 15.4. The first kappa shape index (κ1) is 13.5. The lowest BCUT2D eigenvalue weighted by Gasteiger charge is -2.34. The highest BCUT2D eigenvalue weighted by atomic mass is 16.3. The molecule has 0 heterocycles. The number of rotatable bonds is 5. The molecule has 1 nitrogen and oxygen atoms in total. The molecule has 0 aliphatic carbocycles. The molecule has 1 unspecified atom stereocenters. The number of hydrogen-bond donors (Lipinski definition) is 1. The van der Waals surface area contributed by atoms with Gasteiger partial charge >= 0.3 is 0 Å². The molecule has 0 bridgehead atoms. The molecule has 0 amide bonds. The van der Waals surface area contributed by atoms with Crippen LogP contribution in [-0.4, -0.2) is 5.11 Å². The van der Waals surface area contributed by atoms with Crippen LogP contribution in [0.2, 0.25) is 0 Å². The Balaban J connectivity index is 3.37. The quantitative estimate of drug-likeness (QED) is 0.759. The Labute approximate surface area is 104 Å². The second kappa shape index (κ2) is 5.65. The fourth-order valence-electron chi connectivity index (χ4n) is 2.00. The van der Waals surface area contributed by atoms with E-state index in [9.17, 15) is 5.11 Å². The van der Waals surface area contributed by atoms with Crippen LogP contribution in [0.4, 0.5) is 0 Å². The summed E-state index contributed by atoms with van der Waals surface area (Å²) in [5, 5.41) is 11.0. The summed E-state index contributed by atoms with van der Waals surface area (Å²) in [5.41, 5.74) is 0.633. The van der Waals surface area contributed by atoms with Crippen molar-refractivity contribution in [2.45, 2.75) is 19.4 Å². The van der Waals surface area contributed by atoms with Gasteiger partial charge in [-0.25, -0.2) is 0 Å². The van der Waals surface area contributed by atoms with Gasteiger partial charge in [0.05, 0.1) is 0 Å². The van der Waals surface area contributed by atoms with E-state index in [-0.39, 0.29) is 5.92 Å². The van der Waals surface area contributed by atoms with Gasteiger partial charge in [-0.2, -0.15) is 0 Å². The largest absolute Gasteiger partial charge is 0.380 e. The minimum Gasteiger partial charge on any atom is -0.380 e.